The molecule has 3 atom stereocenters. The van der Waals surface area contributed by atoms with Crippen molar-refractivity contribution in [2.45, 2.75) is 56.4 Å². The minimum atomic E-state index is -3.11. The van der Waals surface area contributed by atoms with Crippen molar-refractivity contribution in [1.82, 2.24) is 10.3 Å². The van der Waals surface area contributed by atoms with Gasteiger partial charge in [-0.3, -0.25) is 10.3 Å². The highest BCUT2D eigenvalue weighted by atomic mass is 79.9. The summed E-state index contributed by atoms with van der Waals surface area (Å²) in [5.74, 6) is -1.12. The summed E-state index contributed by atoms with van der Waals surface area (Å²) in [6.07, 6.45) is 0.252. The molecule has 0 radical (unpaired) electrons. The van der Waals surface area contributed by atoms with Crippen molar-refractivity contribution in [3.63, 3.8) is 0 Å². The fourth-order valence-corrected chi connectivity index (χ4v) is 6.87. The second-order valence-electron chi connectivity index (χ2n) is 8.69. The summed E-state index contributed by atoms with van der Waals surface area (Å²) in [6.45, 7) is 5.95. The number of halogens is 3. The van der Waals surface area contributed by atoms with Gasteiger partial charge in [0, 0.05) is 6.54 Å². The van der Waals surface area contributed by atoms with Crippen LogP contribution in [0.4, 0.5) is 13.6 Å². The van der Waals surface area contributed by atoms with Crippen molar-refractivity contribution >= 4 is 37.6 Å². The molecule has 2 aliphatic rings. The quantitative estimate of drug-likeness (QED) is 0.610. The Balaban J connectivity index is 2.20. The van der Waals surface area contributed by atoms with Gasteiger partial charge in [-0.05, 0) is 68.6 Å². The number of ether oxygens (including phenoxy) is 1. The Morgan fingerprint density at radius 2 is 2.10 bits per heavy atom. The number of alkyl halides is 1. The second kappa shape index (κ2) is 7.81. The second-order valence-corrected chi connectivity index (χ2v) is 12.2. The van der Waals surface area contributed by atoms with E-state index in [1.54, 1.807) is 27.7 Å². The van der Waals surface area contributed by atoms with Crippen LogP contribution in [-0.2, 0) is 20.0 Å². The third kappa shape index (κ3) is 4.10. The monoisotopic (exact) mass is 506 g/mol. The molecule has 0 aliphatic carbocycles. The van der Waals surface area contributed by atoms with E-state index in [1.165, 1.54) is 6.07 Å². The third-order valence-corrected chi connectivity index (χ3v) is 8.89. The molecule has 30 heavy (non-hydrogen) atoms. The highest BCUT2D eigenvalue weighted by Gasteiger charge is 2.55. The van der Waals surface area contributed by atoms with Gasteiger partial charge in [-0.2, -0.15) is 0 Å². The lowest BCUT2D eigenvalue weighted by molar-refractivity contribution is 0.0560. The zero-order valence-corrected chi connectivity index (χ0v) is 19.7. The molecule has 11 heteroatoms. The number of fused-ring (bicyclic) bond motifs is 1. The average molecular weight is 507 g/mol. The Labute approximate surface area is 183 Å². The first-order chi connectivity index (χ1) is 13.8. The van der Waals surface area contributed by atoms with Crippen LogP contribution in [0.5, 0.6) is 0 Å². The molecule has 0 spiro atoms. The van der Waals surface area contributed by atoms with Crippen LogP contribution < -0.4 is 5.32 Å². The number of nitrogens with zero attached hydrogens (tertiary/aromatic N) is 3. The highest BCUT2D eigenvalue weighted by Crippen LogP contribution is 2.43. The first-order valence-corrected chi connectivity index (χ1v) is 12.0. The molecule has 3 heterocycles. The summed E-state index contributed by atoms with van der Waals surface area (Å²) >= 11 is 3.16. The van der Waals surface area contributed by atoms with Crippen molar-refractivity contribution < 1.29 is 22.5 Å². The van der Waals surface area contributed by atoms with E-state index < -0.39 is 44.2 Å². The predicted molar refractivity (Wildman–Crippen MR) is 114 cm³/mol. The van der Waals surface area contributed by atoms with E-state index in [2.05, 4.69) is 35.6 Å². The topological polar surface area (TPSA) is 93.0 Å². The van der Waals surface area contributed by atoms with E-state index >= 15 is 0 Å². The largest absolute Gasteiger partial charge is 0.444 e. The predicted octanol–water partition coefficient (Wildman–Crippen LogP) is 4.11. The van der Waals surface area contributed by atoms with Gasteiger partial charge in [0.05, 0.1) is 15.5 Å². The van der Waals surface area contributed by atoms with Gasteiger partial charge in [0.15, 0.2) is 0 Å². The number of pyridine rings is 1. The Bertz CT molecular complexity index is 1020. The Morgan fingerprint density at radius 3 is 2.73 bits per heavy atom. The highest BCUT2D eigenvalue weighted by molar-refractivity contribution is 9.10. The molecule has 0 fully saturated rings. The van der Waals surface area contributed by atoms with E-state index in [4.69, 9.17) is 4.74 Å². The van der Waals surface area contributed by atoms with Gasteiger partial charge >= 0.3 is 6.09 Å². The lowest BCUT2D eigenvalue weighted by Gasteiger charge is -2.45. The van der Waals surface area contributed by atoms with Crippen molar-refractivity contribution in [1.29, 1.82) is 0 Å². The maximum atomic E-state index is 14.7. The lowest BCUT2D eigenvalue weighted by atomic mass is 9.95. The van der Waals surface area contributed by atoms with E-state index in [1.807, 2.05) is 0 Å². The molecular formula is C19H25BrF2N4O3S. The van der Waals surface area contributed by atoms with Crippen molar-refractivity contribution in [2.75, 3.05) is 19.0 Å². The fourth-order valence-electron chi connectivity index (χ4n) is 3.65. The molecule has 0 bridgehead atoms. The number of amidine groups is 1. The number of rotatable bonds is 2. The van der Waals surface area contributed by atoms with Crippen LogP contribution in [0.3, 0.4) is 0 Å². The van der Waals surface area contributed by atoms with E-state index in [-0.39, 0.29) is 21.9 Å². The number of carbonyl (C=O) groups is 1. The maximum Gasteiger partial charge on any atom is 0.413 e. The fraction of sp³-hybridized carbons (Fsp3) is 0.632. The Morgan fingerprint density at radius 1 is 1.40 bits per heavy atom. The molecular weight excluding hydrogens is 482 g/mol. The smallest absolute Gasteiger partial charge is 0.413 e. The van der Waals surface area contributed by atoms with Gasteiger partial charge in [0.1, 0.15) is 44.5 Å². The number of hydrogen-bond acceptors (Lipinski definition) is 6. The van der Waals surface area contributed by atoms with Crippen LogP contribution in [0.1, 0.15) is 46.2 Å². The average Bonchev–Trinajstić information content (AvgIpc) is 2.63. The molecule has 0 unspecified atom stereocenters. The van der Waals surface area contributed by atoms with Crippen LogP contribution >= 0.6 is 15.9 Å². The minimum absolute atomic E-state index is 0.0183. The van der Waals surface area contributed by atoms with E-state index in [0.29, 0.717) is 19.4 Å². The molecule has 1 amide bonds. The lowest BCUT2D eigenvalue weighted by Crippen LogP contribution is -2.61. The van der Waals surface area contributed by atoms with Crippen molar-refractivity contribution in [3.8, 4) is 0 Å². The number of hydrogen-bond donors (Lipinski definition) is 1. The van der Waals surface area contributed by atoms with Gasteiger partial charge in [-0.1, -0.05) is 0 Å². The summed E-state index contributed by atoms with van der Waals surface area (Å²) in [6, 6.07) is 2.52. The van der Waals surface area contributed by atoms with Crippen molar-refractivity contribution in [2.24, 2.45) is 9.36 Å². The van der Waals surface area contributed by atoms with Crippen LogP contribution in [0.15, 0.2) is 26.1 Å². The van der Waals surface area contributed by atoms with Crippen LogP contribution in [0.25, 0.3) is 0 Å². The minimum Gasteiger partial charge on any atom is -0.444 e. The van der Waals surface area contributed by atoms with Crippen LogP contribution in [0, 0.1) is 5.82 Å². The number of nitrogens with one attached hydrogen (secondary N) is 1. The SMILES string of the molecule is CC(C)(C)OC(=O)NC1=N[C@](CF)(c2nc(Br)ccc2F)C[S@]2(=O)=NCCC[C@]12C. The van der Waals surface area contributed by atoms with Gasteiger partial charge in [0.2, 0.25) is 0 Å². The Kier molecular flexibility index (Phi) is 6.00. The third-order valence-electron chi connectivity index (χ3n) is 5.17. The number of carbonyl (C=O) groups excluding carboxylic acids is 1. The standard InChI is InChI=1S/C19H25BrF2N4O3S/c1-17(2,3)29-16(27)25-15-18(4)8-5-9-23-30(18,28)11-19(10-21,26-15)14-12(22)6-7-13(20)24-14/h6-7H,5,8-11H2,1-4H3,(H,25,26,27)/t18-,19+,30-/m1/s1. The van der Waals surface area contributed by atoms with Gasteiger partial charge < -0.3 is 4.74 Å². The van der Waals surface area contributed by atoms with Gasteiger partial charge in [0.25, 0.3) is 0 Å². The maximum absolute atomic E-state index is 14.7. The first-order valence-electron chi connectivity index (χ1n) is 9.53. The van der Waals surface area contributed by atoms with Gasteiger partial charge in [-0.15, -0.1) is 0 Å². The van der Waals surface area contributed by atoms with E-state index in [0.717, 1.165) is 6.07 Å². The summed E-state index contributed by atoms with van der Waals surface area (Å²) in [7, 11) is -3.11. The molecule has 1 aromatic heterocycles. The summed E-state index contributed by atoms with van der Waals surface area (Å²) in [5, 5.41) is 2.55. The molecule has 2 aliphatic heterocycles. The molecule has 0 aromatic carbocycles. The summed E-state index contributed by atoms with van der Waals surface area (Å²) in [5.41, 5.74) is -2.95. The van der Waals surface area contributed by atoms with E-state index in [9.17, 15) is 17.8 Å². The summed E-state index contributed by atoms with van der Waals surface area (Å²) < 4.78 is 52.0. The molecule has 0 saturated carbocycles. The van der Waals surface area contributed by atoms with Gasteiger partial charge in [-0.25, -0.2) is 27.1 Å². The number of aromatic nitrogens is 1. The molecule has 3 rings (SSSR count). The van der Waals surface area contributed by atoms with Crippen LogP contribution in [-0.4, -0.2) is 50.4 Å². The summed E-state index contributed by atoms with van der Waals surface area (Å²) in [4.78, 5) is 21.0. The molecule has 0 saturated heterocycles. The number of alkyl carbamates (subject to hydrolysis) is 1. The molecule has 1 N–H and O–H groups in total. The molecule has 1 aromatic rings. The normalized spacial score (nSPS) is 31.2. The molecule has 7 nitrogen and oxygen atoms in total. The zero-order valence-electron chi connectivity index (χ0n) is 17.3. The number of amides is 1. The van der Waals surface area contributed by atoms with Crippen molar-refractivity contribution in [3.05, 3.63) is 28.2 Å². The first kappa shape index (κ1) is 23.1. The molecule has 166 valence electrons. The Hall–Kier alpha value is -1.62. The van der Waals surface area contributed by atoms with Crippen LogP contribution in [0.2, 0.25) is 0 Å². The zero-order chi connectivity index (χ0) is 22.4. The number of aliphatic imine (C=N–C) groups is 1.